The zero-order valence-corrected chi connectivity index (χ0v) is 14.1. The van der Waals surface area contributed by atoms with Crippen molar-refractivity contribution in [1.82, 2.24) is 9.55 Å². The van der Waals surface area contributed by atoms with E-state index >= 15 is 0 Å². The lowest BCUT2D eigenvalue weighted by Crippen LogP contribution is -2.23. The van der Waals surface area contributed by atoms with Crippen LogP contribution in [-0.2, 0) is 6.54 Å². The van der Waals surface area contributed by atoms with E-state index < -0.39 is 24.1 Å². The van der Waals surface area contributed by atoms with Gasteiger partial charge in [0, 0.05) is 22.3 Å². The van der Waals surface area contributed by atoms with Crippen molar-refractivity contribution in [2.24, 2.45) is 0 Å². The molecular formula is C16H12ClF3N2O4. The summed E-state index contributed by atoms with van der Waals surface area (Å²) in [6.07, 6.45) is -3.08. The molecule has 3 rings (SSSR count). The largest absolute Gasteiger partial charge is 0.484 e. The lowest BCUT2D eigenvalue weighted by Gasteiger charge is -2.15. The number of aromatic amines is 1. The second kappa shape index (κ2) is 6.56. The van der Waals surface area contributed by atoms with Crippen molar-refractivity contribution in [3.05, 3.63) is 61.4 Å². The first-order chi connectivity index (χ1) is 12.2. The Kier molecular flexibility index (Phi) is 4.57. The molecule has 0 aliphatic heterocycles. The molecule has 0 fully saturated rings. The predicted molar refractivity (Wildman–Crippen MR) is 87.9 cm³/mol. The number of ether oxygens (including phenoxy) is 1. The maximum absolute atomic E-state index is 12.5. The van der Waals surface area contributed by atoms with Gasteiger partial charge in [-0.05, 0) is 19.1 Å². The van der Waals surface area contributed by atoms with E-state index in [2.05, 4.69) is 4.98 Å². The average molecular weight is 389 g/mol. The SMILES string of the molecule is Cc1cn(Cc2c(Cl)cccc2OCC(F)(F)F)c(=O)c2[nH]c(=O)oc12. The summed E-state index contributed by atoms with van der Waals surface area (Å²) in [5.74, 6) is -0.856. The Morgan fingerprint density at radius 2 is 2.04 bits per heavy atom. The van der Waals surface area contributed by atoms with E-state index in [0.717, 1.165) is 0 Å². The number of alkyl halides is 3. The van der Waals surface area contributed by atoms with Crippen molar-refractivity contribution < 1.29 is 22.3 Å². The standard InChI is InChI=1S/C16H12ClF3N2O4/c1-8-5-22(14(23)12-13(8)26-15(24)21-12)6-9-10(17)3-2-4-11(9)25-7-16(18,19)20/h2-5H,6-7H2,1H3,(H,21,24). The van der Waals surface area contributed by atoms with Gasteiger partial charge >= 0.3 is 11.9 Å². The third kappa shape index (κ3) is 3.62. The molecule has 0 saturated heterocycles. The van der Waals surface area contributed by atoms with Crippen LogP contribution in [0.4, 0.5) is 13.2 Å². The zero-order valence-electron chi connectivity index (χ0n) is 13.3. The van der Waals surface area contributed by atoms with Gasteiger partial charge in [-0.2, -0.15) is 13.2 Å². The Morgan fingerprint density at radius 3 is 2.73 bits per heavy atom. The number of hydrogen-bond acceptors (Lipinski definition) is 4. The summed E-state index contributed by atoms with van der Waals surface area (Å²) >= 11 is 6.09. The number of pyridine rings is 1. The molecule has 0 bridgehead atoms. The monoisotopic (exact) mass is 388 g/mol. The van der Waals surface area contributed by atoms with Gasteiger partial charge in [0.1, 0.15) is 5.75 Å². The lowest BCUT2D eigenvalue weighted by atomic mass is 10.2. The fourth-order valence-corrected chi connectivity index (χ4v) is 2.75. The van der Waals surface area contributed by atoms with Gasteiger partial charge in [0.15, 0.2) is 17.7 Å². The number of oxazole rings is 1. The van der Waals surface area contributed by atoms with E-state index in [1.807, 2.05) is 0 Å². The highest BCUT2D eigenvalue weighted by atomic mass is 35.5. The summed E-state index contributed by atoms with van der Waals surface area (Å²) in [6.45, 7) is 0.000753. The van der Waals surface area contributed by atoms with Crippen LogP contribution in [0.3, 0.4) is 0 Å². The normalized spacial score (nSPS) is 11.9. The van der Waals surface area contributed by atoms with Gasteiger partial charge in [-0.3, -0.25) is 9.78 Å². The van der Waals surface area contributed by atoms with Crippen molar-refractivity contribution >= 4 is 22.7 Å². The molecule has 0 unspecified atom stereocenters. The molecule has 0 saturated carbocycles. The van der Waals surface area contributed by atoms with Crippen LogP contribution >= 0.6 is 11.6 Å². The minimum absolute atomic E-state index is 0.0280. The number of benzene rings is 1. The molecule has 0 aliphatic rings. The van der Waals surface area contributed by atoms with Crippen molar-refractivity contribution in [1.29, 1.82) is 0 Å². The van der Waals surface area contributed by atoms with Gasteiger partial charge in [0.25, 0.3) is 5.56 Å². The molecule has 1 aromatic carbocycles. The van der Waals surface area contributed by atoms with Crippen LogP contribution < -0.4 is 16.1 Å². The fraction of sp³-hybridized carbons (Fsp3) is 0.250. The minimum atomic E-state index is -4.51. The molecule has 0 radical (unpaired) electrons. The van der Waals surface area contributed by atoms with Crippen LogP contribution in [-0.4, -0.2) is 22.3 Å². The number of nitrogens with zero attached hydrogens (tertiary/aromatic N) is 1. The summed E-state index contributed by atoms with van der Waals surface area (Å²) in [4.78, 5) is 26.1. The number of aryl methyl sites for hydroxylation is 1. The zero-order chi connectivity index (χ0) is 19.1. The van der Waals surface area contributed by atoms with E-state index in [9.17, 15) is 22.8 Å². The molecule has 3 aromatic rings. The smallest absolute Gasteiger partial charge is 0.422 e. The molecule has 0 amide bonds. The second-order valence-corrected chi connectivity index (χ2v) is 5.99. The van der Waals surface area contributed by atoms with Crippen LogP contribution in [0, 0.1) is 6.92 Å². The molecule has 138 valence electrons. The van der Waals surface area contributed by atoms with Crippen LogP contribution in [0.1, 0.15) is 11.1 Å². The molecule has 2 aromatic heterocycles. The quantitative estimate of drug-likeness (QED) is 0.744. The Bertz CT molecular complexity index is 1080. The van der Waals surface area contributed by atoms with Crippen molar-refractivity contribution in [2.45, 2.75) is 19.6 Å². The third-order valence-corrected chi connectivity index (χ3v) is 3.98. The second-order valence-electron chi connectivity index (χ2n) is 5.58. The summed E-state index contributed by atoms with van der Waals surface area (Å²) in [7, 11) is 0. The molecule has 0 aliphatic carbocycles. The Labute approximate surface area is 148 Å². The van der Waals surface area contributed by atoms with Crippen molar-refractivity contribution in [2.75, 3.05) is 6.61 Å². The van der Waals surface area contributed by atoms with E-state index in [0.29, 0.717) is 5.56 Å². The number of fused-ring (bicyclic) bond motifs is 1. The molecule has 6 nitrogen and oxygen atoms in total. The molecule has 2 heterocycles. The number of aromatic nitrogens is 2. The first kappa shape index (κ1) is 18.1. The van der Waals surface area contributed by atoms with Crippen LogP contribution in [0.25, 0.3) is 11.1 Å². The highest BCUT2D eigenvalue weighted by Crippen LogP contribution is 2.29. The van der Waals surface area contributed by atoms with Crippen molar-refractivity contribution in [3.8, 4) is 5.75 Å². The topological polar surface area (TPSA) is 77.2 Å². The van der Waals surface area contributed by atoms with Gasteiger partial charge in [-0.25, -0.2) is 4.79 Å². The average Bonchev–Trinajstić information content (AvgIpc) is 2.94. The molecule has 0 atom stereocenters. The minimum Gasteiger partial charge on any atom is -0.484 e. The maximum atomic E-state index is 12.5. The number of nitrogens with one attached hydrogen (secondary N) is 1. The molecule has 10 heteroatoms. The molecule has 0 spiro atoms. The van der Waals surface area contributed by atoms with Gasteiger partial charge in [-0.15, -0.1) is 0 Å². The number of hydrogen-bond donors (Lipinski definition) is 1. The van der Waals surface area contributed by atoms with E-state index in [-0.39, 0.29) is 34.0 Å². The fourth-order valence-electron chi connectivity index (χ4n) is 2.53. The summed E-state index contributed by atoms with van der Waals surface area (Å²) in [6, 6.07) is 4.26. The Hall–Kier alpha value is -2.68. The van der Waals surface area contributed by atoms with Crippen LogP contribution in [0.5, 0.6) is 5.75 Å². The predicted octanol–water partition coefficient (Wildman–Crippen LogP) is 3.23. The third-order valence-electron chi connectivity index (χ3n) is 3.63. The van der Waals surface area contributed by atoms with E-state index in [4.69, 9.17) is 20.8 Å². The number of rotatable bonds is 4. The molecular weight excluding hydrogens is 377 g/mol. The van der Waals surface area contributed by atoms with Crippen LogP contribution in [0.15, 0.2) is 38.4 Å². The number of halogens is 4. The van der Waals surface area contributed by atoms with Gasteiger partial charge in [-0.1, -0.05) is 17.7 Å². The Morgan fingerprint density at radius 1 is 1.31 bits per heavy atom. The van der Waals surface area contributed by atoms with E-state index in [1.54, 1.807) is 6.92 Å². The number of H-pyrrole nitrogens is 1. The Balaban J connectivity index is 2.04. The first-order valence-electron chi connectivity index (χ1n) is 7.35. The van der Waals surface area contributed by atoms with Gasteiger partial charge in [0.05, 0.1) is 6.54 Å². The summed E-state index contributed by atoms with van der Waals surface area (Å²) in [5.41, 5.74) is 0.245. The maximum Gasteiger partial charge on any atom is 0.422 e. The highest BCUT2D eigenvalue weighted by Gasteiger charge is 2.29. The molecule has 1 N–H and O–H groups in total. The van der Waals surface area contributed by atoms with E-state index in [1.165, 1.54) is 29.0 Å². The van der Waals surface area contributed by atoms with Crippen LogP contribution in [0.2, 0.25) is 5.02 Å². The molecule has 26 heavy (non-hydrogen) atoms. The van der Waals surface area contributed by atoms with Gasteiger partial charge in [0.2, 0.25) is 0 Å². The summed E-state index contributed by atoms with van der Waals surface area (Å²) in [5, 5.41) is 0.148. The highest BCUT2D eigenvalue weighted by molar-refractivity contribution is 6.31. The van der Waals surface area contributed by atoms with Crippen molar-refractivity contribution in [3.63, 3.8) is 0 Å². The van der Waals surface area contributed by atoms with Gasteiger partial charge < -0.3 is 13.7 Å². The summed E-state index contributed by atoms with van der Waals surface area (Å²) < 4.78 is 48.2. The lowest BCUT2D eigenvalue weighted by molar-refractivity contribution is -0.153. The first-order valence-corrected chi connectivity index (χ1v) is 7.73.